The van der Waals surface area contributed by atoms with Crippen LogP contribution in [0.25, 0.3) is 10.9 Å². The number of fused-ring (bicyclic) bond motifs is 1. The normalized spacial score (nSPS) is 16.1. The smallest absolute Gasteiger partial charge is 0.317 e. The molecule has 3 heterocycles. The molecule has 2 saturated heterocycles. The minimum Gasteiger partial charge on any atom is -0.494 e. The van der Waals surface area contributed by atoms with E-state index >= 15 is 0 Å². The van der Waals surface area contributed by atoms with Crippen molar-refractivity contribution in [2.24, 2.45) is 16.8 Å². The van der Waals surface area contributed by atoms with E-state index < -0.39 is 30.0 Å². The molecule has 22 nitrogen and oxygen atoms in total. The van der Waals surface area contributed by atoms with Crippen molar-refractivity contribution in [2.45, 2.75) is 109 Å². The molecule has 80 heavy (non-hydrogen) atoms. The Balaban J connectivity index is 1.03. The van der Waals surface area contributed by atoms with Gasteiger partial charge in [0, 0.05) is 106 Å². The predicted octanol–water partition coefficient (Wildman–Crippen LogP) is 4.48. The Morgan fingerprint density at radius 3 is 1.94 bits per heavy atom. The molecule has 3 aromatic rings. The molecule has 0 saturated carbocycles. The van der Waals surface area contributed by atoms with E-state index in [1.807, 2.05) is 28.0 Å². The van der Waals surface area contributed by atoms with Gasteiger partial charge in [-0.1, -0.05) is 25.0 Å². The molecule has 8 N–H and O–H groups in total. The zero-order valence-electron chi connectivity index (χ0n) is 46.2. The van der Waals surface area contributed by atoms with Gasteiger partial charge in [0.1, 0.15) is 11.9 Å². The highest BCUT2D eigenvalue weighted by atomic mass is 127. The van der Waals surface area contributed by atoms with Gasteiger partial charge in [-0.3, -0.25) is 63.6 Å². The van der Waals surface area contributed by atoms with Crippen LogP contribution in [0.1, 0.15) is 112 Å². The lowest BCUT2D eigenvalue weighted by Gasteiger charge is -2.33. The summed E-state index contributed by atoms with van der Waals surface area (Å²) in [5.74, 6) is -2.45. The number of nitrogens with one attached hydrogen (secondary N) is 3. The fourth-order valence-corrected chi connectivity index (χ4v) is 10.3. The summed E-state index contributed by atoms with van der Waals surface area (Å²) in [6, 6.07) is 15.4. The van der Waals surface area contributed by atoms with Crippen molar-refractivity contribution in [3.05, 3.63) is 69.4 Å². The minimum absolute atomic E-state index is 0.00673. The Bertz CT molecular complexity index is 2430. The lowest BCUT2D eigenvalue weighted by molar-refractivity contribution is -0.140. The van der Waals surface area contributed by atoms with Crippen LogP contribution in [0.4, 0.5) is 0 Å². The number of aryl methyl sites for hydroxylation is 1. The molecule has 0 aliphatic carbocycles. The van der Waals surface area contributed by atoms with Crippen molar-refractivity contribution in [1.82, 2.24) is 45.5 Å². The number of rotatable bonds is 33. The molecule has 1 atom stereocenters. The van der Waals surface area contributed by atoms with Crippen LogP contribution in [0, 0.1) is 9.49 Å². The molecule has 0 radical (unpaired) electrons. The summed E-state index contributed by atoms with van der Waals surface area (Å²) in [7, 11) is 0. The van der Waals surface area contributed by atoms with Crippen molar-refractivity contribution >= 4 is 81.2 Å². The number of nitrogens with zero attached hydrogens (tertiary/aromatic N) is 7. The van der Waals surface area contributed by atoms with Gasteiger partial charge in [-0.15, -0.1) is 0 Å². The van der Waals surface area contributed by atoms with Crippen LogP contribution in [-0.2, 0) is 35.2 Å². The zero-order chi connectivity index (χ0) is 57.5. The van der Waals surface area contributed by atoms with E-state index in [-0.39, 0.29) is 83.2 Å². The van der Waals surface area contributed by atoms with Crippen molar-refractivity contribution in [3.63, 3.8) is 0 Å². The largest absolute Gasteiger partial charge is 0.494 e. The number of aliphatic carboxylic acids is 3. The number of carbonyl (C=O) groups excluding carboxylic acids is 4. The van der Waals surface area contributed by atoms with Gasteiger partial charge in [-0.05, 0) is 148 Å². The molecule has 440 valence electrons. The third kappa shape index (κ3) is 26.1. The Labute approximate surface area is 483 Å². The molecule has 23 heteroatoms. The second-order valence-electron chi connectivity index (χ2n) is 20.8. The van der Waals surface area contributed by atoms with Gasteiger partial charge in [0.25, 0.3) is 0 Å². The number of carboxylic acid groups (broad SMARTS) is 3. The first kappa shape index (κ1) is 64.8. The van der Waals surface area contributed by atoms with Crippen molar-refractivity contribution in [1.29, 1.82) is 0 Å². The maximum absolute atomic E-state index is 13.8. The number of ether oxygens (including phenoxy) is 1. The molecule has 1 unspecified atom stereocenters. The third-order valence-corrected chi connectivity index (χ3v) is 15.2. The molecular weight excluding hydrogens is 1140 g/mol. The number of unbranched alkanes of at least 4 members (excludes halogenated alkanes) is 5. The van der Waals surface area contributed by atoms with Gasteiger partial charge in [0.05, 0.1) is 43.9 Å². The number of likely N-dealkylation sites (tertiary alicyclic amines) is 1. The summed E-state index contributed by atoms with van der Waals surface area (Å²) < 4.78 is 7.15. The highest BCUT2D eigenvalue weighted by Crippen LogP contribution is 2.25. The summed E-state index contributed by atoms with van der Waals surface area (Å²) in [6.07, 6.45) is 15.3. The molecular formula is C57H84IN11O11. The van der Waals surface area contributed by atoms with E-state index in [1.165, 1.54) is 9.13 Å². The number of amides is 4. The number of hydrogen-bond acceptors (Lipinski definition) is 15. The molecule has 2 aliphatic rings. The van der Waals surface area contributed by atoms with E-state index in [0.717, 1.165) is 77.3 Å². The summed E-state index contributed by atoms with van der Waals surface area (Å²) in [5.41, 5.74) is 11.0. The van der Waals surface area contributed by atoms with Gasteiger partial charge >= 0.3 is 17.9 Å². The van der Waals surface area contributed by atoms with E-state index in [0.29, 0.717) is 92.9 Å². The Morgan fingerprint density at radius 2 is 1.32 bits per heavy atom. The topological polar surface area (TPSA) is 293 Å². The first-order valence-electron chi connectivity index (χ1n) is 28.3. The van der Waals surface area contributed by atoms with Crippen LogP contribution < -0.4 is 26.5 Å². The van der Waals surface area contributed by atoms with Gasteiger partial charge in [-0.25, -0.2) is 0 Å². The average molecular weight is 1230 g/mol. The highest BCUT2D eigenvalue weighted by molar-refractivity contribution is 14.1. The predicted molar refractivity (Wildman–Crippen MR) is 313 cm³/mol. The second-order valence-corrected chi connectivity index (χ2v) is 22.1. The standard InChI is InChI=1S/C57H84IN11O11/c58-45-17-15-43(16-18-45)11-9-13-51(70)61-24-7-4-12-50(63-52(71)39-65-29-31-66(40-54(73)74)33-35-68(42-56(77)78)36-34-67(32-30-65)41-55(75)76)64-62-25-6-2-1-3-14-53(72)69-27-22-44(23-28-69)10-5-8-37-80-46-19-20-49-48(38-46)47(57(59)79)21-26-60-49/h15-21,25-26,38,44,50,64H,1-14,22-24,27-37,39-42H2,(H2,59,79)(H,61,70)(H,63,71)(H,73,74)(H,75,76)(H,77,78)/b62-25+. The van der Waals surface area contributed by atoms with Crippen LogP contribution >= 0.6 is 22.6 Å². The maximum atomic E-state index is 13.8. The van der Waals surface area contributed by atoms with Crippen LogP contribution in [0.5, 0.6) is 5.75 Å². The fraction of sp³-hybridized carbons (Fsp3) is 0.596. The molecule has 0 spiro atoms. The van der Waals surface area contributed by atoms with Crippen LogP contribution in [-0.4, -0.2) is 203 Å². The lowest BCUT2D eigenvalue weighted by Crippen LogP contribution is -2.51. The number of hydrazone groups is 1. The number of carboxylic acids is 3. The van der Waals surface area contributed by atoms with Crippen LogP contribution in [0.15, 0.2) is 59.8 Å². The zero-order valence-corrected chi connectivity index (χ0v) is 48.4. The molecule has 1 aromatic heterocycles. The quantitative estimate of drug-likeness (QED) is 0.0145. The van der Waals surface area contributed by atoms with E-state index in [9.17, 15) is 48.9 Å². The number of nitrogens with two attached hydrogens (primary N) is 1. The maximum Gasteiger partial charge on any atom is 0.317 e. The molecule has 4 amide bonds. The summed E-state index contributed by atoms with van der Waals surface area (Å²) in [6.45, 7) is 4.03. The number of piperidine rings is 1. The van der Waals surface area contributed by atoms with Gasteiger partial charge in [-0.2, -0.15) is 5.10 Å². The first-order valence-corrected chi connectivity index (χ1v) is 29.4. The third-order valence-electron chi connectivity index (χ3n) is 14.5. The van der Waals surface area contributed by atoms with E-state index in [4.69, 9.17) is 10.5 Å². The number of benzene rings is 2. The Kier molecular flexibility index (Phi) is 29.4. The minimum atomic E-state index is -1.04. The molecule has 2 aromatic carbocycles. The monoisotopic (exact) mass is 1230 g/mol. The van der Waals surface area contributed by atoms with E-state index in [2.05, 4.69) is 73.0 Å². The van der Waals surface area contributed by atoms with Crippen LogP contribution in [0.3, 0.4) is 0 Å². The number of halogens is 1. The average Bonchev–Trinajstić information content (AvgIpc) is 3.42. The summed E-state index contributed by atoms with van der Waals surface area (Å²) in [4.78, 5) is 99.8. The highest BCUT2D eigenvalue weighted by Gasteiger charge is 2.24. The van der Waals surface area contributed by atoms with E-state index in [1.54, 1.807) is 33.2 Å². The second kappa shape index (κ2) is 36.4. The summed E-state index contributed by atoms with van der Waals surface area (Å²) in [5, 5.41) is 40.0. The van der Waals surface area contributed by atoms with Crippen molar-refractivity contribution < 1.29 is 53.6 Å². The molecule has 0 bridgehead atoms. The SMILES string of the molecule is NC(=O)c1ccnc2ccc(OCCCCC3CCN(C(=O)CCCCC/C=N/NC(CCCCNC(=O)CCCc4ccc(I)cc4)NC(=O)CN4CCN(CC(=O)O)CCN(CC(=O)O)CCN(CC(=O)O)CC4)CC3)cc12. The number of pyridine rings is 1. The Hall–Kier alpha value is -6.02. The van der Waals surface area contributed by atoms with Crippen molar-refractivity contribution in [3.8, 4) is 5.75 Å². The molecule has 2 aliphatic heterocycles. The van der Waals surface area contributed by atoms with Gasteiger partial charge in [0.15, 0.2) is 0 Å². The number of aromatic nitrogens is 1. The molecule has 2 fully saturated rings. The van der Waals surface area contributed by atoms with Gasteiger partial charge in [0.2, 0.25) is 23.6 Å². The van der Waals surface area contributed by atoms with Crippen LogP contribution in [0.2, 0.25) is 0 Å². The first-order chi connectivity index (χ1) is 38.6. The van der Waals surface area contributed by atoms with Gasteiger partial charge < -0.3 is 41.3 Å². The fourth-order valence-electron chi connectivity index (χ4n) is 9.97. The summed E-state index contributed by atoms with van der Waals surface area (Å²) >= 11 is 2.27. The van der Waals surface area contributed by atoms with Crippen molar-refractivity contribution in [2.75, 3.05) is 105 Å². The number of primary amides is 1. The number of carbonyl (C=O) groups is 7. The molecule has 5 rings (SSSR count). The lowest BCUT2D eigenvalue weighted by atomic mass is 9.91. The number of hydrogen-bond donors (Lipinski definition) is 7. The Morgan fingerprint density at radius 1 is 0.700 bits per heavy atom.